The number of ether oxygens (including phenoxy) is 1. The fourth-order valence-corrected chi connectivity index (χ4v) is 3.13. The number of phenols is 2. The summed E-state index contributed by atoms with van der Waals surface area (Å²) >= 11 is 0. The van der Waals surface area contributed by atoms with Crippen LogP contribution in [0.5, 0.6) is 17.2 Å². The molecule has 0 fully saturated rings. The zero-order chi connectivity index (χ0) is 16.9. The maximum absolute atomic E-state index is 10.3. The molecule has 0 spiro atoms. The van der Waals surface area contributed by atoms with E-state index < -0.39 is 35.6 Å². The maximum atomic E-state index is 10.3. The molecule has 0 saturated heterocycles. The molecule has 2 unspecified atom stereocenters. The summed E-state index contributed by atoms with van der Waals surface area (Å²) in [5.74, 6) is -2.75. The quantitative estimate of drug-likeness (QED) is 0.465. The van der Waals surface area contributed by atoms with E-state index in [1.807, 2.05) is 0 Å². The molecule has 23 heavy (non-hydrogen) atoms. The summed E-state index contributed by atoms with van der Waals surface area (Å²) in [5, 5.41) is 58.9. The van der Waals surface area contributed by atoms with Crippen LogP contribution in [-0.4, -0.2) is 42.8 Å². The fourth-order valence-electron chi connectivity index (χ4n) is 3.13. The molecule has 124 valence electrons. The van der Waals surface area contributed by atoms with Crippen LogP contribution in [0.3, 0.4) is 0 Å². The molecule has 2 aliphatic rings. The lowest BCUT2D eigenvalue weighted by Crippen LogP contribution is -2.45. The molecule has 1 aromatic carbocycles. The van der Waals surface area contributed by atoms with Crippen molar-refractivity contribution >= 4 is 0 Å². The predicted octanol–water partition coefficient (Wildman–Crippen LogP) is 1.80. The van der Waals surface area contributed by atoms with Gasteiger partial charge in [-0.2, -0.15) is 0 Å². The van der Waals surface area contributed by atoms with Crippen molar-refractivity contribution < 1.29 is 35.4 Å². The third-order valence-electron chi connectivity index (χ3n) is 4.45. The van der Waals surface area contributed by atoms with Crippen molar-refractivity contribution in [3.8, 4) is 17.2 Å². The van der Waals surface area contributed by atoms with E-state index in [0.29, 0.717) is 5.56 Å². The highest BCUT2D eigenvalue weighted by atomic mass is 16.5. The summed E-state index contributed by atoms with van der Waals surface area (Å²) in [6, 6.07) is 2.50. The minimum Gasteiger partial charge on any atom is -0.508 e. The van der Waals surface area contributed by atoms with Gasteiger partial charge in [-0.1, -0.05) is 6.92 Å². The fraction of sp³-hybridized carbons (Fsp3) is 0.375. The number of aliphatic hydroxyl groups is 4. The molecule has 0 radical (unpaired) electrons. The number of benzene rings is 1. The molecule has 0 bridgehead atoms. The first-order valence-corrected chi connectivity index (χ1v) is 7.22. The SMILES string of the molecule is CC1C(O)=C(O)C(O)=CC1[C@H]1Oc2cc(O)cc(O)c2C[C@@H]1O. The highest BCUT2D eigenvalue weighted by Gasteiger charge is 2.42. The zero-order valence-electron chi connectivity index (χ0n) is 12.3. The van der Waals surface area contributed by atoms with Crippen molar-refractivity contribution in [2.75, 3.05) is 0 Å². The number of fused-ring (bicyclic) bond motifs is 1. The van der Waals surface area contributed by atoms with E-state index in [1.54, 1.807) is 6.92 Å². The number of allylic oxidation sites excluding steroid dienone is 1. The predicted molar refractivity (Wildman–Crippen MR) is 79.5 cm³/mol. The van der Waals surface area contributed by atoms with Crippen molar-refractivity contribution in [3.63, 3.8) is 0 Å². The molecular weight excluding hydrogens is 304 g/mol. The highest BCUT2D eigenvalue weighted by Crippen LogP contribution is 2.42. The molecule has 1 heterocycles. The van der Waals surface area contributed by atoms with Gasteiger partial charge in [-0.3, -0.25) is 0 Å². The summed E-state index contributed by atoms with van der Waals surface area (Å²) in [5.41, 5.74) is 0.380. The molecule has 6 N–H and O–H groups in total. The standard InChI is InChI=1S/C16H18O7/c1-6-8(4-11(19)15(22)14(6)21)16-12(20)5-9-10(18)2-7(17)3-13(9)23-16/h2-4,6,8,12,16-22H,5H2,1H3/t6?,8?,12-,16+/m0/s1. The average molecular weight is 322 g/mol. The first-order chi connectivity index (χ1) is 10.8. The van der Waals surface area contributed by atoms with Gasteiger partial charge in [-0.25, -0.2) is 0 Å². The summed E-state index contributed by atoms with van der Waals surface area (Å²) < 4.78 is 5.71. The van der Waals surface area contributed by atoms with Gasteiger partial charge in [0, 0.05) is 36.0 Å². The van der Waals surface area contributed by atoms with Gasteiger partial charge in [0.1, 0.15) is 29.1 Å². The first-order valence-electron chi connectivity index (χ1n) is 7.22. The van der Waals surface area contributed by atoms with Crippen LogP contribution in [0.2, 0.25) is 0 Å². The van der Waals surface area contributed by atoms with Crippen LogP contribution in [-0.2, 0) is 6.42 Å². The lowest BCUT2D eigenvalue weighted by atomic mass is 9.79. The van der Waals surface area contributed by atoms with Crippen molar-refractivity contribution in [2.45, 2.75) is 25.6 Å². The van der Waals surface area contributed by atoms with Crippen LogP contribution < -0.4 is 4.74 Å². The van der Waals surface area contributed by atoms with Gasteiger partial charge in [0.05, 0.1) is 6.10 Å². The monoisotopic (exact) mass is 322 g/mol. The topological polar surface area (TPSA) is 131 Å². The lowest BCUT2D eigenvalue weighted by molar-refractivity contribution is -0.0173. The Morgan fingerprint density at radius 2 is 1.78 bits per heavy atom. The normalized spacial score (nSPS) is 30.4. The number of hydrogen-bond donors (Lipinski definition) is 6. The van der Waals surface area contributed by atoms with Crippen molar-refractivity contribution in [1.29, 1.82) is 0 Å². The molecule has 7 nitrogen and oxygen atoms in total. The van der Waals surface area contributed by atoms with Crippen LogP contribution in [0.25, 0.3) is 0 Å². The molecular formula is C16H18O7. The van der Waals surface area contributed by atoms with Crippen LogP contribution in [0.1, 0.15) is 12.5 Å². The third-order valence-corrected chi connectivity index (χ3v) is 4.45. The summed E-state index contributed by atoms with van der Waals surface area (Å²) in [4.78, 5) is 0. The van der Waals surface area contributed by atoms with Crippen molar-refractivity contribution in [2.24, 2.45) is 11.8 Å². The third kappa shape index (κ3) is 2.43. The Kier molecular flexibility index (Phi) is 3.52. The van der Waals surface area contributed by atoms with E-state index in [0.717, 1.165) is 6.07 Å². The van der Waals surface area contributed by atoms with Gasteiger partial charge in [0.15, 0.2) is 11.5 Å². The molecule has 1 aliphatic carbocycles. The molecule has 0 aromatic heterocycles. The van der Waals surface area contributed by atoms with Gasteiger partial charge >= 0.3 is 0 Å². The second-order valence-corrected chi connectivity index (χ2v) is 5.95. The van der Waals surface area contributed by atoms with E-state index in [9.17, 15) is 30.6 Å². The highest BCUT2D eigenvalue weighted by molar-refractivity contribution is 5.51. The van der Waals surface area contributed by atoms with Crippen molar-refractivity contribution in [3.05, 3.63) is 41.0 Å². The van der Waals surface area contributed by atoms with E-state index in [-0.39, 0.29) is 29.4 Å². The zero-order valence-corrected chi connectivity index (χ0v) is 12.3. The van der Waals surface area contributed by atoms with Crippen LogP contribution in [0.4, 0.5) is 0 Å². The van der Waals surface area contributed by atoms with E-state index in [1.165, 1.54) is 12.1 Å². The lowest BCUT2D eigenvalue weighted by Gasteiger charge is -2.38. The van der Waals surface area contributed by atoms with Crippen LogP contribution in [0.15, 0.2) is 35.5 Å². The Balaban J connectivity index is 1.96. The second-order valence-electron chi connectivity index (χ2n) is 5.95. The van der Waals surface area contributed by atoms with Gasteiger partial charge in [0.25, 0.3) is 0 Å². The number of aromatic hydroxyl groups is 2. The van der Waals surface area contributed by atoms with E-state index in [4.69, 9.17) is 4.74 Å². The van der Waals surface area contributed by atoms with E-state index in [2.05, 4.69) is 0 Å². The first kappa shape index (κ1) is 15.4. The van der Waals surface area contributed by atoms with E-state index >= 15 is 0 Å². The summed E-state index contributed by atoms with van der Waals surface area (Å²) in [7, 11) is 0. The molecule has 4 atom stereocenters. The van der Waals surface area contributed by atoms with Gasteiger partial charge in [0.2, 0.25) is 0 Å². The molecule has 7 heteroatoms. The number of rotatable bonds is 1. The number of phenolic OH excluding ortho intramolecular Hbond substituents is 2. The maximum Gasteiger partial charge on any atom is 0.195 e. The summed E-state index contributed by atoms with van der Waals surface area (Å²) in [6.07, 6.45) is -0.402. The van der Waals surface area contributed by atoms with Crippen LogP contribution in [0, 0.1) is 11.8 Å². The molecule has 3 rings (SSSR count). The Hall–Kier alpha value is -2.54. The second kappa shape index (κ2) is 5.27. The van der Waals surface area contributed by atoms with Gasteiger partial charge < -0.3 is 35.4 Å². The van der Waals surface area contributed by atoms with Gasteiger partial charge in [-0.05, 0) is 6.08 Å². The molecule has 0 amide bonds. The minimum atomic E-state index is -0.998. The Bertz CT molecular complexity index is 707. The number of aliphatic hydroxyl groups excluding tert-OH is 4. The van der Waals surface area contributed by atoms with Crippen molar-refractivity contribution in [1.82, 2.24) is 0 Å². The Morgan fingerprint density at radius 1 is 1.09 bits per heavy atom. The smallest absolute Gasteiger partial charge is 0.195 e. The minimum absolute atomic E-state index is 0.0976. The Labute approximate surface area is 132 Å². The molecule has 0 saturated carbocycles. The molecule has 1 aliphatic heterocycles. The summed E-state index contributed by atoms with van der Waals surface area (Å²) in [6.45, 7) is 1.63. The van der Waals surface area contributed by atoms with Gasteiger partial charge in [-0.15, -0.1) is 0 Å². The molecule has 1 aromatic rings. The Morgan fingerprint density at radius 3 is 2.48 bits per heavy atom. The number of hydrogen-bond acceptors (Lipinski definition) is 7. The largest absolute Gasteiger partial charge is 0.508 e. The van der Waals surface area contributed by atoms with Crippen LogP contribution >= 0.6 is 0 Å². The average Bonchev–Trinajstić information content (AvgIpc) is 2.49.